The van der Waals surface area contributed by atoms with Gasteiger partial charge < -0.3 is 20.1 Å². The van der Waals surface area contributed by atoms with E-state index in [9.17, 15) is 4.79 Å². The maximum Gasteiger partial charge on any atom is 0.252 e. The predicted molar refractivity (Wildman–Crippen MR) is 65.9 cm³/mol. The molecule has 2 N–H and O–H groups in total. The Morgan fingerprint density at radius 1 is 1.41 bits per heavy atom. The molecule has 0 aromatic carbocycles. The van der Waals surface area contributed by atoms with Crippen molar-refractivity contribution in [1.82, 2.24) is 10.6 Å². The van der Waals surface area contributed by atoms with Gasteiger partial charge in [0.15, 0.2) is 0 Å². The molecule has 1 heterocycles. The normalized spacial score (nSPS) is 20.9. The summed E-state index contributed by atoms with van der Waals surface area (Å²) in [7, 11) is 3.26. The topological polar surface area (TPSA) is 59.6 Å². The van der Waals surface area contributed by atoms with Gasteiger partial charge in [-0.25, -0.2) is 0 Å². The van der Waals surface area contributed by atoms with Crippen molar-refractivity contribution in [3.63, 3.8) is 0 Å². The molecule has 1 fully saturated rings. The van der Waals surface area contributed by atoms with E-state index < -0.39 is 5.60 Å². The summed E-state index contributed by atoms with van der Waals surface area (Å²) in [4.78, 5) is 12.3. The molecule has 1 unspecified atom stereocenters. The van der Waals surface area contributed by atoms with Crippen molar-refractivity contribution in [1.29, 1.82) is 0 Å². The highest BCUT2D eigenvalue weighted by Crippen LogP contribution is 2.22. The summed E-state index contributed by atoms with van der Waals surface area (Å²) in [5.41, 5.74) is -0.660. The van der Waals surface area contributed by atoms with Crippen molar-refractivity contribution in [3.05, 3.63) is 0 Å². The molecule has 0 aliphatic carbocycles. The van der Waals surface area contributed by atoms with Gasteiger partial charge in [-0.1, -0.05) is 6.92 Å². The van der Waals surface area contributed by atoms with E-state index in [-0.39, 0.29) is 11.9 Å². The zero-order chi connectivity index (χ0) is 12.7. The third kappa shape index (κ3) is 3.66. The zero-order valence-electron chi connectivity index (χ0n) is 11.0. The van der Waals surface area contributed by atoms with Gasteiger partial charge in [0.1, 0.15) is 5.60 Å². The van der Waals surface area contributed by atoms with Crippen molar-refractivity contribution < 1.29 is 14.3 Å². The first-order chi connectivity index (χ1) is 8.18. The lowest BCUT2D eigenvalue weighted by molar-refractivity contribution is -0.147. The molecule has 0 aromatic heterocycles. The van der Waals surface area contributed by atoms with Gasteiger partial charge in [0.05, 0.1) is 12.6 Å². The van der Waals surface area contributed by atoms with Crippen LogP contribution in [0.3, 0.4) is 0 Å². The fourth-order valence-electron chi connectivity index (χ4n) is 2.13. The van der Waals surface area contributed by atoms with Gasteiger partial charge >= 0.3 is 0 Å². The fourth-order valence-corrected chi connectivity index (χ4v) is 2.13. The standard InChI is InChI=1S/C12H24N2O3/c1-4-10(9-16-2)14-11(15)12(17-3)5-7-13-8-6-12/h10,13H,4-9H2,1-3H3,(H,14,15). The van der Waals surface area contributed by atoms with Crippen molar-refractivity contribution >= 4 is 5.91 Å². The van der Waals surface area contributed by atoms with Crippen LogP contribution in [-0.4, -0.2) is 51.5 Å². The van der Waals surface area contributed by atoms with Crippen LogP contribution in [0.2, 0.25) is 0 Å². The number of rotatable bonds is 6. The molecule has 1 atom stereocenters. The minimum atomic E-state index is -0.660. The number of carbonyl (C=O) groups excluding carboxylic acids is 1. The minimum Gasteiger partial charge on any atom is -0.383 e. The van der Waals surface area contributed by atoms with E-state index in [2.05, 4.69) is 10.6 Å². The Morgan fingerprint density at radius 3 is 2.53 bits per heavy atom. The summed E-state index contributed by atoms with van der Waals surface area (Å²) >= 11 is 0. The molecule has 5 heteroatoms. The highest BCUT2D eigenvalue weighted by atomic mass is 16.5. The molecule has 1 aliphatic rings. The van der Waals surface area contributed by atoms with Crippen LogP contribution in [0.15, 0.2) is 0 Å². The van der Waals surface area contributed by atoms with Gasteiger partial charge in [0.2, 0.25) is 0 Å². The first-order valence-electron chi connectivity index (χ1n) is 6.24. The largest absolute Gasteiger partial charge is 0.383 e. The average molecular weight is 244 g/mol. The highest BCUT2D eigenvalue weighted by Gasteiger charge is 2.40. The SMILES string of the molecule is CCC(COC)NC(=O)C1(OC)CCNCC1. The molecule has 0 bridgehead atoms. The molecular formula is C12H24N2O3. The zero-order valence-corrected chi connectivity index (χ0v) is 11.0. The Kier molecular flexibility index (Phi) is 5.88. The Morgan fingerprint density at radius 2 is 2.06 bits per heavy atom. The van der Waals surface area contributed by atoms with Crippen LogP contribution in [0.1, 0.15) is 26.2 Å². The monoisotopic (exact) mass is 244 g/mol. The van der Waals surface area contributed by atoms with Gasteiger partial charge in [0.25, 0.3) is 5.91 Å². The first kappa shape index (κ1) is 14.4. The van der Waals surface area contributed by atoms with Crippen LogP contribution in [0.5, 0.6) is 0 Å². The molecule has 100 valence electrons. The van der Waals surface area contributed by atoms with Crippen LogP contribution in [-0.2, 0) is 14.3 Å². The molecular weight excluding hydrogens is 220 g/mol. The van der Waals surface area contributed by atoms with Crippen molar-refractivity contribution in [2.45, 2.75) is 37.8 Å². The number of nitrogens with one attached hydrogen (secondary N) is 2. The van der Waals surface area contributed by atoms with E-state index in [0.29, 0.717) is 6.61 Å². The number of carbonyl (C=O) groups is 1. The third-order valence-electron chi connectivity index (χ3n) is 3.41. The second-order valence-electron chi connectivity index (χ2n) is 4.48. The van der Waals surface area contributed by atoms with Crippen molar-refractivity contribution in [3.8, 4) is 0 Å². The molecule has 0 saturated carbocycles. The van der Waals surface area contributed by atoms with Crippen LogP contribution in [0.25, 0.3) is 0 Å². The third-order valence-corrected chi connectivity index (χ3v) is 3.41. The van der Waals surface area contributed by atoms with E-state index in [1.807, 2.05) is 6.92 Å². The number of amides is 1. The first-order valence-corrected chi connectivity index (χ1v) is 6.24. The molecule has 0 radical (unpaired) electrons. The van der Waals surface area contributed by atoms with Crippen LogP contribution in [0, 0.1) is 0 Å². The summed E-state index contributed by atoms with van der Waals surface area (Å²) < 4.78 is 10.6. The molecule has 1 amide bonds. The summed E-state index contributed by atoms with van der Waals surface area (Å²) in [5, 5.41) is 6.25. The van der Waals surface area contributed by atoms with E-state index >= 15 is 0 Å². The summed E-state index contributed by atoms with van der Waals surface area (Å²) in [6.45, 7) is 4.22. The van der Waals surface area contributed by atoms with Crippen LogP contribution >= 0.6 is 0 Å². The minimum absolute atomic E-state index is 0.00889. The van der Waals surface area contributed by atoms with Gasteiger partial charge in [-0.05, 0) is 32.4 Å². The van der Waals surface area contributed by atoms with Gasteiger partial charge in [-0.3, -0.25) is 4.79 Å². The number of hydrogen-bond acceptors (Lipinski definition) is 4. The summed E-state index contributed by atoms with van der Waals surface area (Å²) in [6.07, 6.45) is 2.30. The Balaban J connectivity index is 2.58. The van der Waals surface area contributed by atoms with Crippen molar-refractivity contribution in [2.75, 3.05) is 33.9 Å². The lowest BCUT2D eigenvalue weighted by Crippen LogP contribution is -2.56. The molecule has 5 nitrogen and oxygen atoms in total. The smallest absolute Gasteiger partial charge is 0.252 e. The molecule has 17 heavy (non-hydrogen) atoms. The molecule has 0 aromatic rings. The molecule has 1 rings (SSSR count). The van der Waals surface area contributed by atoms with E-state index in [1.165, 1.54) is 0 Å². The Hall–Kier alpha value is -0.650. The molecule has 1 aliphatic heterocycles. The number of piperidine rings is 1. The second-order valence-corrected chi connectivity index (χ2v) is 4.48. The van der Waals surface area contributed by atoms with Crippen LogP contribution in [0.4, 0.5) is 0 Å². The van der Waals surface area contributed by atoms with Crippen LogP contribution < -0.4 is 10.6 Å². The summed E-state index contributed by atoms with van der Waals surface area (Å²) in [5.74, 6) is -0.00889. The average Bonchev–Trinajstić information content (AvgIpc) is 2.38. The lowest BCUT2D eigenvalue weighted by atomic mass is 9.90. The van der Waals surface area contributed by atoms with Crippen molar-refractivity contribution in [2.24, 2.45) is 0 Å². The quantitative estimate of drug-likeness (QED) is 0.705. The molecule has 1 saturated heterocycles. The van der Waals surface area contributed by atoms with E-state index in [0.717, 1.165) is 32.4 Å². The maximum atomic E-state index is 12.3. The Labute approximate surface area is 103 Å². The Bertz CT molecular complexity index is 240. The number of hydrogen-bond donors (Lipinski definition) is 2. The predicted octanol–water partition coefficient (Wildman–Crippen LogP) is 0.296. The van der Waals surface area contributed by atoms with E-state index in [1.54, 1.807) is 14.2 Å². The molecule has 0 spiro atoms. The van der Waals surface area contributed by atoms with Gasteiger partial charge in [0, 0.05) is 14.2 Å². The number of ether oxygens (including phenoxy) is 2. The second kappa shape index (κ2) is 6.93. The van der Waals surface area contributed by atoms with Gasteiger partial charge in [-0.2, -0.15) is 0 Å². The lowest BCUT2D eigenvalue weighted by Gasteiger charge is -2.35. The highest BCUT2D eigenvalue weighted by molar-refractivity contribution is 5.85. The maximum absolute atomic E-state index is 12.3. The fraction of sp³-hybridized carbons (Fsp3) is 0.917. The van der Waals surface area contributed by atoms with E-state index in [4.69, 9.17) is 9.47 Å². The number of methoxy groups -OCH3 is 2. The summed E-state index contributed by atoms with van der Waals surface area (Å²) in [6, 6.07) is 0.0643. The van der Waals surface area contributed by atoms with Gasteiger partial charge in [-0.15, -0.1) is 0 Å².